The van der Waals surface area contributed by atoms with Crippen molar-refractivity contribution < 1.29 is 38.5 Å². The van der Waals surface area contributed by atoms with Crippen LogP contribution in [-0.4, -0.2) is 80.3 Å². The van der Waals surface area contributed by atoms with E-state index in [0.717, 1.165) is 16.7 Å². The van der Waals surface area contributed by atoms with E-state index in [9.17, 15) is 24.3 Å². The number of nitrogens with two attached hydrogens (primary N) is 2. The molecule has 0 radical (unpaired) electrons. The average Bonchev–Trinajstić information content (AvgIpc) is 3.37. The fourth-order valence-corrected chi connectivity index (χ4v) is 11.3. The summed E-state index contributed by atoms with van der Waals surface area (Å²) in [6, 6.07) is 30.1. The predicted molar refractivity (Wildman–Crippen MR) is 280 cm³/mol. The number of guanidine groups is 2. The SMILES string of the molecule is CCC1(CC)CC(=O)N([C@@H]2CCOc3ccc(C(=O)NC(c4ccccc4)c4cccc(C5C[C@@H](N6C(=O)CC(C)(C)N=C6N)c6cc(C(=O)N[C@@H]7c8cc(Cl)ccc8OC[C@@]7(C)O)ccc6O5)c4)cc32)C(N)=N1. The second kappa shape index (κ2) is 19.4. The van der Waals surface area contributed by atoms with Gasteiger partial charge >= 0.3 is 0 Å². The summed E-state index contributed by atoms with van der Waals surface area (Å²) >= 11 is 6.36. The second-order valence-electron chi connectivity index (χ2n) is 20.8. The number of nitrogens with one attached hydrogen (secondary N) is 2. The third kappa shape index (κ3) is 9.52. The zero-order valence-corrected chi connectivity index (χ0v) is 42.8. The number of halogens is 1. The molecule has 5 aliphatic rings. The van der Waals surface area contributed by atoms with Gasteiger partial charge in [-0.15, -0.1) is 0 Å². The van der Waals surface area contributed by atoms with Crippen molar-refractivity contribution in [3.8, 4) is 17.2 Å². The van der Waals surface area contributed by atoms with Gasteiger partial charge in [0.1, 0.15) is 35.6 Å². The first-order chi connectivity index (χ1) is 35.4. The van der Waals surface area contributed by atoms with Crippen molar-refractivity contribution in [3.63, 3.8) is 0 Å². The summed E-state index contributed by atoms with van der Waals surface area (Å²) < 4.78 is 18.7. The molecular weight excluding hydrogens is 960 g/mol. The Hall–Kier alpha value is -7.43. The maximum absolute atomic E-state index is 14.6. The number of benzene rings is 5. The van der Waals surface area contributed by atoms with Crippen molar-refractivity contribution in [3.05, 3.63) is 159 Å². The number of ether oxygens (including phenoxy) is 3. The Kier molecular flexibility index (Phi) is 13.2. The number of nitrogens with zero attached hydrogens (tertiary/aromatic N) is 4. The minimum absolute atomic E-state index is 0.0549. The fraction of sp³-hybridized carbons (Fsp3) is 0.368. The summed E-state index contributed by atoms with van der Waals surface area (Å²) in [6.07, 6.45) is 1.82. The first kappa shape index (κ1) is 50.1. The quantitative estimate of drug-likeness (QED) is 0.0851. The highest BCUT2D eigenvalue weighted by molar-refractivity contribution is 6.30. The van der Waals surface area contributed by atoms with Gasteiger partial charge in [-0.25, -0.2) is 9.98 Å². The molecule has 0 saturated heterocycles. The van der Waals surface area contributed by atoms with E-state index < -0.39 is 52.9 Å². The molecule has 5 heterocycles. The Balaban J connectivity index is 0.959. The van der Waals surface area contributed by atoms with Crippen molar-refractivity contribution >= 4 is 47.1 Å². The molecule has 384 valence electrons. The number of hydrogen-bond donors (Lipinski definition) is 5. The number of carbonyl (C=O) groups is 4. The standard InChI is InChI=1S/C57H61ClN8O8/c1-6-57(7-2)30-48(68)65(54(60)64-57)41-22-23-72-43-19-16-35(25-38(41)43)51(69)61-49(32-12-9-8-10-13-32)34-15-11-14-33(24-34)46-28-42(66-47(67)29-55(3,4)63-53(66)59)39-26-36(17-20-45(39)74-46)52(70)62-50-40-27-37(58)18-21-44(40)73-31-56(50,5)71/h8-21,24-27,41-42,46,49-50,71H,6-7,22-23,28-31H2,1-5H3,(H2,59,63)(H2,60,64)(H,61,69)(H,62,70)/t41-,42-,46?,49?,50-,56-/m1/s1. The van der Waals surface area contributed by atoms with Crippen molar-refractivity contribution in [2.75, 3.05) is 13.2 Å². The van der Waals surface area contributed by atoms with Crippen LogP contribution in [0.5, 0.6) is 17.2 Å². The Morgan fingerprint density at radius 1 is 0.743 bits per heavy atom. The second-order valence-corrected chi connectivity index (χ2v) is 21.2. The predicted octanol–water partition coefficient (Wildman–Crippen LogP) is 8.29. The summed E-state index contributed by atoms with van der Waals surface area (Å²) in [5.74, 6) is 0.582. The van der Waals surface area contributed by atoms with Crippen LogP contribution < -0.4 is 36.3 Å². The van der Waals surface area contributed by atoms with Gasteiger partial charge in [-0.3, -0.25) is 29.0 Å². The molecule has 7 N–H and O–H groups in total. The average molecular weight is 1020 g/mol. The van der Waals surface area contributed by atoms with Crippen molar-refractivity contribution in [2.24, 2.45) is 21.5 Å². The molecule has 5 aromatic rings. The lowest BCUT2D eigenvalue weighted by Crippen LogP contribution is -2.53. The van der Waals surface area contributed by atoms with Gasteiger partial charge in [0.05, 0.1) is 54.7 Å². The largest absolute Gasteiger partial charge is 0.493 e. The first-order valence-electron chi connectivity index (χ1n) is 25.2. The van der Waals surface area contributed by atoms with Crippen LogP contribution >= 0.6 is 11.6 Å². The lowest BCUT2D eigenvalue weighted by Gasteiger charge is -2.42. The molecular formula is C57H61ClN8O8. The smallest absolute Gasteiger partial charge is 0.252 e. The van der Waals surface area contributed by atoms with Crippen molar-refractivity contribution in [1.29, 1.82) is 0 Å². The van der Waals surface area contributed by atoms with Crippen LogP contribution in [0.2, 0.25) is 5.02 Å². The molecule has 16 nitrogen and oxygen atoms in total. The van der Waals surface area contributed by atoms with Gasteiger partial charge < -0.3 is 41.4 Å². The third-order valence-electron chi connectivity index (χ3n) is 15.1. The summed E-state index contributed by atoms with van der Waals surface area (Å²) in [6.45, 7) is 9.64. The van der Waals surface area contributed by atoms with Crippen LogP contribution in [0.3, 0.4) is 0 Å². The third-order valence-corrected chi connectivity index (χ3v) is 15.4. The zero-order chi connectivity index (χ0) is 52.3. The number of fused-ring (bicyclic) bond motifs is 3. The molecule has 10 rings (SSSR count). The highest BCUT2D eigenvalue weighted by atomic mass is 35.5. The summed E-state index contributed by atoms with van der Waals surface area (Å²) in [5, 5.41) is 18.2. The molecule has 4 amide bonds. The minimum Gasteiger partial charge on any atom is -0.493 e. The van der Waals surface area contributed by atoms with Crippen molar-refractivity contribution in [1.82, 2.24) is 20.4 Å². The Morgan fingerprint density at radius 3 is 2.09 bits per heavy atom. The summed E-state index contributed by atoms with van der Waals surface area (Å²) in [7, 11) is 0. The number of hydrogen-bond acceptors (Lipinski definition) is 12. The van der Waals surface area contributed by atoms with E-state index in [1.807, 2.05) is 82.3 Å². The van der Waals surface area contributed by atoms with Gasteiger partial charge in [0, 0.05) is 45.7 Å². The van der Waals surface area contributed by atoms with Gasteiger partial charge in [-0.05, 0) is 111 Å². The molecule has 0 aliphatic carbocycles. The minimum atomic E-state index is -1.46. The molecule has 2 unspecified atom stereocenters. The van der Waals surface area contributed by atoms with Gasteiger partial charge in [-0.2, -0.15) is 0 Å². The summed E-state index contributed by atoms with van der Waals surface area (Å²) in [4.78, 5) is 69.4. The zero-order valence-electron chi connectivity index (χ0n) is 42.1. The molecule has 74 heavy (non-hydrogen) atoms. The van der Waals surface area contributed by atoms with Crippen LogP contribution in [0.25, 0.3) is 0 Å². The Morgan fingerprint density at radius 2 is 1.38 bits per heavy atom. The number of amides is 4. The summed E-state index contributed by atoms with van der Waals surface area (Å²) in [5.41, 5.74) is 15.3. The van der Waals surface area contributed by atoms with Gasteiger partial charge in [-0.1, -0.05) is 74.0 Å². The molecule has 0 spiro atoms. The van der Waals surface area contributed by atoms with Gasteiger partial charge in [0.25, 0.3) is 11.8 Å². The van der Waals surface area contributed by atoms with E-state index in [0.29, 0.717) is 70.4 Å². The topological polar surface area (TPSA) is 224 Å². The maximum atomic E-state index is 14.6. The monoisotopic (exact) mass is 1020 g/mol. The van der Waals surface area contributed by atoms with Crippen LogP contribution in [-0.2, 0) is 9.59 Å². The Bertz CT molecular complexity index is 3120. The molecule has 6 atom stereocenters. The number of carbonyl (C=O) groups excluding carboxylic acids is 4. The number of rotatable bonds is 11. The van der Waals surface area contributed by atoms with Crippen LogP contribution in [0.1, 0.15) is 158 Å². The van der Waals surface area contributed by atoms with Gasteiger partial charge in [0.2, 0.25) is 11.8 Å². The molecule has 17 heteroatoms. The lowest BCUT2D eigenvalue weighted by molar-refractivity contribution is -0.133. The molecule has 5 aromatic carbocycles. The maximum Gasteiger partial charge on any atom is 0.252 e. The van der Waals surface area contributed by atoms with Crippen LogP contribution in [0.4, 0.5) is 0 Å². The lowest BCUT2D eigenvalue weighted by atomic mass is 9.86. The molecule has 0 bridgehead atoms. The van der Waals surface area contributed by atoms with Crippen LogP contribution in [0, 0.1) is 0 Å². The van der Waals surface area contributed by atoms with E-state index in [2.05, 4.69) is 10.6 Å². The molecule has 0 aromatic heterocycles. The van der Waals surface area contributed by atoms with Gasteiger partial charge in [0.15, 0.2) is 11.9 Å². The molecule has 0 fully saturated rings. The highest BCUT2D eigenvalue weighted by Gasteiger charge is 2.45. The number of aliphatic imine (C=N–C) groups is 2. The Labute approximate surface area is 435 Å². The number of aliphatic hydroxyl groups is 1. The molecule has 0 saturated carbocycles. The highest BCUT2D eigenvalue weighted by Crippen LogP contribution is 2.47. The normalized spacial score (nSPS) is 24.0. The van der Waals surface area contributed by atoms with E-state index in [-0.39, 0.29) is 61.1 Å². The fourth-order valence-electron chi connectivity index (χ4n) is 11.1. The van der Waals surface area contributed by atoms with E-state index in [1.165, 1.54) is 4.90 Å². The van der Waals surface area contributed by atoms with E-state index in [1.54, 1.807) is 66.4 Å². The van der Waals surface area contributed by atoms with E-state index >= 15 is 0 Å². The van der Waals surface area contributed by atoms with E-state index in [4.69, 9.17) is 47.3 Å². The first-order valence-corrected chi connectivity index (χ1v) is 25.6. The van der Waals surface area contributed by atoms with Crippen LogP contribution in [0.15, 0.2) is 119 Å². The molecule has 5 aliphatic heterocycles. The van der Waals surface area contributed by atoms with Crippen molar-refractivity contribution in [2.45, 2.75) is 120 Å².